The lowest BCUT2D eigenvalue weighted by Crippen LogP contribution is -2.35. The first-order valence-corrected chi connectivity index (χ1v) is 8.44. The molecule has 2 unspecified atom stereocenters. The van der Waals surface area contributed by atoms with E-state index in [0.717, 1.165) is 21.6 Å². The summed E-state index contributed by atoms with van der Waals surface area (Å²) in [6.45, 7) is 0. The highest BCUT2D eigenvalue weighted by molar-refractivity contribution is 8.76. The molecule has 0 aromatic carbocycles. The molecule has 0 aromatic rings. The third-order valence-corrected chi connectivity index (χ3v) is 4.53. The van der Waals surface area contributed by atoms with Crippen molar-refractivity contribution in [3.05, 3.63) is 0 Å². The van der Waals surface area contributed by atoms with Crippen LogP contribution in [0.2, 0.25) is 0 Å². The molecule has 1 saturated heterocycles. The molecule has 1 aliphatic heterocycles. The fourth-order valence-corrected chi connectivity index (χ4v) is 3.20. The summed E-state index contributed by atoms with van der Waals surface area (Å²) in [6.07, 6.45) is 0. The fourth-order valence-electron chi connectivity index (χ4n) is 0.664. The number of hydrogen-bond donors (Lipinski definition) is 2. The van der Waals surface area contributed by atoms with Gasteiger partial charge in [0.15, 0.2) is 0 Å². The molecule has 2 atom stereocenters. The Bertz CT molecular complexity index is 406. The highest BCUT2D eigenvalue weighted by atomic mass is 33.1. The van der Waals surface area contributed by atoms with E-state index in [1.807, 2.05) is 0 Å². The predicted molar refractivity (Wildman–Crippen MR) is 64.1 cm³/mol. The van der Waals surface area contributed by atoms with Crippen LogP contribution in [0.5, 0.6) is 0 Å². The molecule has 19 heavy (non-hydrogen) atoms. The van der Waals surface area contributed by atoms with Gasteiger partial charge in [-0.15, -0.1) is 0 Å². The Balaban J connectivity index is 2.72. The van der Waals surface area contributed by atoms with E-state index in [1.54, 1.807) is 0 Å². The molecular formula is C6H10N2O8S3. The van der Waals surface area contributed by atoms with Crippen molar-refractivity contribution in [2.24, 2.45) is 11.5 Å². The first-order valence-electron chi connectivity index (χ1n) is 4.62. The van der Waals surface area contributed by atoms with Crippen LogP contribution in [0.25, 0.3) is 0 Å². The molecule has 1 rings (SSSR count). The summed E-state index contributed by atoms with van der Waals surface area (Å²) in [5.41, 5.74) is 10.8. The van der Waals surface area contributed by atoms with E-state index in [1.165, 1.54) is 0 Å². The van der Waals surface area contributed by atoms with Gasteiger partial charge in [0.25, 0.3) is 0 Å². The first-order chi connectivity index (χ1) is 8.82. The lowest BCUT2D eigenvalue weighted by atomic mass is 10.4. The zero-order valence-electron chi connectivity index (χ0n) is 9.21. The van der Waals surface area contributed by atoms with E-state index in [0.29, 0.717) is 0 Å². The summed E-state index contributed by atoms with van der Waals surface area (Å²) in [6, 6.07) is -2.22. The van der Waals surface area contributed by atoms with Gasteiger partial charge in [0, 0.05) is 11.5 Å². The zero-order chi connectivity index (χ0) is 14.5. The first kappa shape index (κ1) is 16.5. The normalized spacial score (nSPS) is 30.2. The zero-order valence-corrected chi connectivity index (χ0v) is 11.7. The van der Waals surface area contributed by atoms with Crippen LogP contribution in [0.15, 0.2) is 0 Å². The van der Waals surface area contributed by atoms with Crippen molar-refractivity contribution in [3.8, 4) is 0 Å². The van der Waals surface area contributed by atoms with Gasteiger partial charge in [-0.1, -0.05) is 21.6 Å². The third-order valence-electron chi connectivity index (χ3n) is 1.58. The molecule has 1 heterocycles. The largest absolute Gasteiger partial charge is 0.471 e. The smallest absolute Gasteiger partial charge is 0.318 e. The number of hydrogen-bond acceptors (Lipinski definition) is 12. The van der Waals surface area contributed by atoms with Crippen molar-refractivity contribution in [2.75, 3.05) is 11.5 Å². The lowest BCUT2D eigenvalue weighted by molar-refractivity contribution is -0.246. The van der Waals surface area contributed by atoms with E-state index in [4.69, 9.17) is 11.5 Å². The Morgan fingerprint density at radius 1 is 0.947 bits per heavy atom. The van der Waals surface area contributed by atoms with E-state index in [-0.39, 0.29) is 11.5 Å². The topological polar surface area (TPSA) is 157 Å². The highest BCUT2D eigenvalue weighted by Gasteiger charge is 2.27. The van der Waals surface area contributed by atoms with Crippen LogP contribution in [-0.4, -0.2) is 43.9 Å². The monoisotopic (exact) mass is 334 g/mol. The van der Waals surface area contributed by atoms with Gasteiger partial charge in [0.2, 0.25) is 0 Å². The van der Waals surface area contributed by atoms with Crippen LogP contribution in [-0.2, 0) is 38.4 Å². The molecule has 4 N–H and O–H groups in total. The molecule has 0 aromatic heterocycles. The van der Waals surface area contributed by atoms with Crippen LogP contribution in [0.3, 0.4) is 0 Å². The van der Waals surface area contributed by atoms with E-state index in [9.17, 15) is 18.0 Å². The second-order valence-electron chi connectivity index (χ2n) is 3.13. The fraction of sp³-hybridized carbons (Fsp3) is 0.667. The minimum absolute atomic E-state index is 0.107. The van der Waals surface area contributed by atoms with Gasteiger partial charge < -0.3 is 11.5 Å². The van der Waals surface area contributed by atoms with Crippen molar-refractivity contribution < 1.29 is 36.4 Å². The Morgan fingerprint density at radius 2 is 1.32 bits per heavy atom. The summed E-state index contributed by atoms with van der Waals surface area (Å²) < 4.78 is 29.4. The molecular weight excluding hydrogens is 324 g/mol. The van der Waals surface area contributed by atoms with Crippen LogP contribution >= 0.6 is 21.6 Å². The van der Waals surface area contributed by atoms with Crippen molar-refractivity contribution in [1.82, 2.24) is 0 Å². The average molecular weight is 334 g/mol. The quantitative estimate of drug-likeness (QED) is 0.380. The summed E-state index contributed by atoms with van der Waals surface area (Å²) in [7, 11) is -2.55. The predicted octanol–water partition coefficient (Wildman–Crippen LogP) is -1.77. The molecule has 1 fully saturated rings. The van der Waals surface area contributed by atoms with Gasteiger partial charge in [0.05, 0.1) is 0 Å². The van der Waals surface area contributed by atoms with Gasteiger partial charge in [-0.25, -0.2) is 9.59 Å². The summed E-state index contributed by atoms with van der Waals surface area (Å²) in [5, 5.41) is 0. The van der Waals surface area contributed by atoms with E-state index >= 15 is 0 Å². The molecule has 13 heteroatoms. The van der Waals surface area contributed by atoms with E-state index < -0.39 is 34.4 Å². The van der Waals surface area contributed by atoms with Crippen LogP contribution in [0.4, 0.5) is 0 Å². The molecule has 0 saturated carbocycles. The molecule has 0 bridgehead atoms. The third kappa shape index (κ3) is 5.94. The summed E-state index contributed by atoms with van der Waals surface area (Å²) >= 11 is 0. The number of carbonyl (C=O) groups is 2. The maximum Gasteiger partial charge on any atom is 0.471 e. The van der Waals surface area contributed by atoms with Gasteiger partial charge in [-0.2, -0.15) is 8.42 Å². The summed E-state index contributed by atoms with van der Waals surface area (Å²) in [4.78, 5) is 30.2. The SMILES string of the molecule is NC1CSSCC(N)C(=O)OOS(=O)(=O)OOC1=O. The maximum atomic E-state index is 11.2. The number of rotatable bonds is 0. The van der Waals surface area contributed by atoms with Gasteiger partial charge >= 0.3 is 22.3 Å². The molecule has 1 aliphatic rings. The molecule has 110 valence electrons. The van der Waals surface area contributed by atoms with Crippen molar-refractivity contribution in [2.45, 2.75) is 12.1 Å². The molecule has 0 spiro atoms. The molecule has 0 aliphatic carbocycles. The molecule has 10 nitrogen and oxygen atoms in total. The Labute approximate surface area is 116 Å². The molecule has 0 radical (unpaired) electrons. The van der Waals surface area contributed by atoms with Crippen molar-refractivity contribution in [3.63, 3.8) is 0 Å². The standard InChI is InChI=1S/C6H10N2O8S3/c7-3-1-17-18-2-4(8)6(10)14-16-19(11,12)15-13-5(3)9/h3-4H,1-2,7-8H2. The maximum absolute atomic E-state index is 11.2. The second-order valence-corrected chi connectivity index (χ2v) is 6.77. The van der Waals surface area contributed by atoms with Gasteiger partial charge in [-0.3, -0.25) is 9.78 Å². The van der Waals surface area contributed by atoms with Crippen LogP contribution in [0.1, 0.15) is 0 Å². The Morgan fingerprint density at radius 3 is 1.68 bits per heavy atom. The lowest BCUT2D eigenvalue weighted by Gasteiger charge is -2.08. The van der Waals surface area contributed by atoms with Crippen LogP contribution in [0, 0.1) is 0 Å². The van der Waals surface area contributed by atoms with Crippen molar-refractivity contribution in [1.29, 1.82) is 0 Å². The highest BCUT2D eigenvalue weighted by Crippen LogP contribution is 2.23. The Hall–Kier alpha value is -0.570. The Kier molecular flexibility index (Phi) is 6.31. The summed E-state index contributed by atoms with van der Waals surface area (Å²) in [5.74, 6) is -2.02. The van der Waals surface area contributed by atoms with Crippen molar-refractivity contribution >= 4 is 43.9 Å². The number of carbonyl (C=O) groups excluding carboxylic acids is 2. The molecule has 0 amide bonds. The minimum atomic E-state index is -4.85. The van der Waals surface area contributed by atoms with Gasteiger partial charge in [0.1, 0.15) is 12.1 Å². The number of nitrogens with two attached hydrogens (primary N) is 2. The average Bonchev–Trinajstić information content (AvgIpc) is 2.37. The minimum Gasteiger partial charge on any atom is -0.318 e. The van der Waals surface area contributed by atoms with E-state index in [2.05, 4.69) is 18.4 Å². The second kappa shape index (κ2) is 7.28. The van der Waals surface area contributed by atoms with Gasteiger partial charge in [-0.05, 0) is 8.67 Å². The van der Waals surface area contributed by atoms with Crippen LogP contribution < -0.4 is 11.5 Å².